The van der Waals surface area contributed by atoms with Gasteiger partial charge in [-0.2, -0.15) is 0 Å². The molecule has 0 aromatic rings. The van der Waals surface area contributed by atoms with Crippen molar-refractivity contribution in [3.8, 4) is 0 Å². The maximum absolute atomic E-state index is 12.3. The van der Waals surface area contributed by atoms with Crippen LogP contribution in [-0.2, 0) is 4.79 Å². The van der Waals surface area contributed by atoms with E-state index in [9.17, 15) is 15.0 Å². The number of carbonyl (C=O) groups excluding carboxylic acids is 1. The Balaban J connectivity index is 3.73. The topological polar surface area (TPSA) is 69.6 Å². The molecule has 0 saturated heterocycles. The molecule has 0 aliphatic carbocycles. The number of nitrogens with one attached hydrogen (secondary N) is 1. The molecule has 0 radical (unpaired) electrons. The Kier molecular flexibility index (Phi) is 44.6. The third-order valence-corrected chi connectivity index (χ3v) is 9.37. The molecular weight excluding hydrogens is 711 g/mol. The molecule has 0 aliphatic heterocycles. The molecule has 0 spiro atoms. The molecule has 2 atom stereocenters. The average molecular weight is 796 g/mol. The summed E-state index contributed by atoms with van der Waals surface area (Å²) >= 11 is 0. The van der Waals surface area contributed by atoms with E-state index in [2.05, 4.69) is 165 Å². The van der Waals surface area contributed by atoms with Crippen molar-refractivity contribution in [3.05, 3.63) is 146 Å². The highest BCUT2D eigenvalue weighted by Crippen LogP contribution is 2.12. The van der Waals surface area contributed by atoms with Crippen molar-refractivity contribution in [3.63, 3.8) is 0 Å². The molecule has 0 aromatic carbocycles. The van der Waals surface area contributed by atoms with Gasteiger partial charge < -0.3 is 15.5 Å². The minimum atomic E-state index is -0.685. The molecule has 0 rings (SSSR count). The predicted octanol–water partition coefficient (Wildman–Crippen LogP) is 14.9. The van der Waals surface area contributed by atoms with E-state index in [1.54, 1.807) is 0 Å². The van der Waals surface area contributed by atoms with Gasteiger partial charge in [0, 0.05) is 6.42 Å². The van der Waals surface area contributed by atoms with Gasteiger partial charge in [0.2, 0.25) is 5.91 Å². The summed E-state index contributed by atoms with van der Waals surface area (Å²) in [4.78, 5) is 12.3. The Morgan fingerprint density at radius 2 is 0.759 bits per heavy atom. The highest BCUT2D eigenvalue weighted by molar-refractivity contribution is 5.76. The van der Waals surface area contributed by atoms with Gasteiger partial charge >= 0.3 is 0 Å². The van der Waals surface area contributed by atoms with Crippen molar-refractivity contribution in [2.75, 3.05) is 6.61 Å². The fourth-order valence-corrected chi connectivity index (χ4v) is 5.87. The number of carbonyl (C=O) groups is 1. The molecule has 3 N–H and O–H groups in total. The number of unbranched alkanes of at least 4 members (excludes halogenated alkanes) is 8. The van der Waals surface area contributed by atoms with Crippen LogP contribution in [-0.4, -0.2) is 34.9 Å². The molecule has 58 heavy (non-hydrogen) atoms. The molecule has 0 heterocycles. The minimum absolute atomic E-state index is 0.0858. The van der Waals surface area contributed by atoms with Crippen LogP contribution in [0.5, 0.6) is 0 Å². The van der Waals surface area contributed by atoms with Crippen LogP contribution in [0.1, 0.15) is 168 Å². The molecule has 0 saturated carbocycles. The lowest BCUT2D eigenvalue weighted by molar-refractivity contribution is -0.123. The number of amides is 1. The second-order valence-corrected chi connectivity index (χ2v) is 14.7. The number of allylic oxidation sites excluding steroid dienone is 24. The Bertz CT molecular complexity index is 1270. The summed E-state index contributed by atoms with van der Waals surface area (Å²) in [7, 11) is 0. The molecule has 1 amide bonds. The molecular formula is C54H85NO3. The first-order valence-electron chi connectivity index (χ1n) is 23.0. The van der Waals surface area contributed by atoms with Crippen molar-refractivity contribution >= 4 is 5.91 Å². The lowest BCUT2D eigenvalue weighted by Gasteiger charge is -2.22. The highest BCUT2D eigenvalue weighted by Gasteiger charge is 2.19. The molecule has 324 valence electrons. The van der Waals surface area contributed by atoms with Crippen LogP contribution in [0.3, 0.4) is 0 Å². The Morgan fingerprint density at radius 3 is 1.10 bits per heavy atom. The summed E-state index contributed by atoms with van der Waals surface area (Å²) in [5, 5.41) is 22.9. The number of aliphatic hydroxyl groups is 2. The van der Waals surface area contributed by atoms with Gasteiger partial charge in [0.15, 0.2) is 0 Å². The molecule has 4 nitrogen and oxygen atoms in total. The second kappa shape index (κ2) is 47.6. The largest absolute Gasteiger partial charge is 0.394 e. The maximum atomic E-state index is 12.3. The van der Waals surface area contributed by atoms with Crippen LogP contribution < -0.4 is 5.32 Å². The summed E-state index contributed by atoms with van der Waals surface area (Å²) in [5.41, 5.74) is 0. The third-order valence-electron chi connectivity index (χ3n) is 9.37. The number of hydrogen-bond donors (Lipinski definition) is 3. The molecule has 0 fully saturated rings. The van der Waals surface area contributed by atoms with Crippen molar-refractivity contribution < 1.29 is 15.0 Å². The average Bonchev–Trinajstić information content (AvgIpc) is 3.23. The summed E-state index contributed by atoms with van der Waals surface area (Å²) < 4.78 is 0. The maximum Gasteiger partial charge on any atom is 0.220 e. The Hall–Kier alpha value is -3.73. The third kappa shape index (κ3) is 43.4. The van der Waals surface area contributed by atoms with Gasteiger partial charge in [-0.1, -0.05) is 205 Å². The minimum Gasteiger partial charge on any atom is -0.394 e. The van der Waals surface area contributed by atoms with E-state index >= 15 is 0 Å². The zero-order valence-electron chi connectivity index (χ0n) is 37.0. The summed E-state index contributed by atoms with van der Waals surface area (Å²) in [6.07, 6.45) is 76.6. The monoisotopic (exact) mass is 796 g/mol. The highest BCUT2D eigenvalue weighted by atomic mass is 16.3. The van der Waals surface area contributed by atoms with Crippen molar-refractivity contribution in [1.29, 1.82) is 0 Å². The van der Waals surface area contributed by atoms with Gasteiger partial charge in [0.1, 0.15) is 0 Å². The Morgan fingerprint density at radius 1 is 0.431 bits per heavy atom. The zero-order valence-corrected chi connectivity index (χ0v) is 37.0. The van der Waals surface area contributed by atoms with Crippen LogP contribution in [0, 0.1) is 0 Å². The molecule has 2 unspecified atom stereocenters. The van der Waals surface area contributed by atoms with E-state index in [1.165, 1.54) is 32.1 Å². The molecule has 0 aromatic heterocycles. The van der Waals surface area contributed by atoms with Gasteiger partial charge in [0.05, 0.1) is 18.8 Å². The first-order valence-corrected chi connectivity index (χ1v) is 23.0. The van der Waals surface area contributed by atoms with Gasteiger partial charge in [0.25, 0.3) is 0 Å². The number of aliphatic hydroxyl groups excluding tert-OH is 2. The van der Waals surface area contributed by atoms with Crippen LogP contribution in [0.2, 0.25) is 0 Å². The summed E-state index contributed by atoms with van der Waals surface area (Å²) in [6, 6.07) is -0.567. The van der Waals surface area contributed by atoms with Crippen LogP contribution in [0.25, 0.3) is 0 Å². The van der Waals surface area contributed by atoms with Crippen LogP contribution in [0.4, 0.5) is 0 Å². The van der Waals surface area contributed by atoms with E-state index in [0.717, 1.165) is 109 Å². The van der Waals surface area contributed by atoms with Gasteiger partial charge in [-0.25, -0.2) is 0 Å². The smallest absolute Gasteiger partial charge is 0.220 e. The standard InChI is InChI=1S/C54H85NO3/c1-3-5-7-9-11-12-13-14-15-16-17-18-19-20-21-22-23-24-25-26-27-28-29-30-31-32-33-34-35-36-37-38-39-40-41-42-44-46-48-50-54(58)55-52(51-56)53(57)49-47-45-43-10-8-6-4-2/h5,7,11-12,14-15,17-18,20-21,23-24,26-27,29-30,32-33,35-36,38-39,41-42,52-53,56-57H,3-4,6,8-10,13,16,19,22,25,28,31,34,37,40,43-51H2,1-2H3,(H,55,58)/b7-5-,12-11-,15-14-,18-17-,21-20-,24-23-,27-26-,30-29-,33-32-,36-35-,39-38-,42-41-. The van der Waals surface area contributed by atoms with Gasteiger partial charge in [-0.15, -0.1) is 0 Å². The lowest BCUT2D eigenvalue weighted by Crippen LogP contribution is -2.45. The van der Waals surface area contributed by atoms with E-state index in [0.29, 0.717) is 12.8 Å². The number of hydrogen-bond acceptors (Lipinski definition) is 3. The van der Waals surface area contributed by atoms with E-state index < -0.39 is 12.1 Å². The first kappa shape index (κ1) is 54.3. The van der Waals surface area contributed by atoms with Crippen molar-refractivity contribution in [2.45, 2.75) is 180 Å². The molecule has 0 bridgehead atoms. The van der Waals surface area contributed by atoms with E-state index in [4.69, 9.17) is 0 Å². The summed E-state index contributed by atoms with van der Waals surface area (Å²) in [5.74, 6) is -0.0858. The van der Waals surface area contributed by atoms with Gasteiger partial charge in [-0.05, 0) is 103 Å². The number of rotatable bonds is 39. The normalized spacial score (nSPS) is 14.3. The van der Waals surface area contributed by atoms with E-state index in [-0.39, 0.29) is 12.5 Å². The lowest BCUT2D eigenvalue weighted by atomic mass is 10.0. The Labute approximate surface area is 357 Å². The predicted molar refractivity (Wildman–Crippen MR) is 257 cm³/mol. The fourth-order valence-electron chi connectivity index (χ4n) is 5.87. The molecule has 4 heteroatoms. The van der Waals surface area contributed by atoms with Crippen molar-refractivity contribution in [1.82, 2.24) is 5.32 Å². The second-order valence-electron chi connectivity index (χ2n) is 14.7. The zero-order chi connectivity index (χ0) is 42.1. The van der Waals surface area contributed by atoms with Gasteiger partial charge in [-0.3, -0.25) is 4.79 Å². The van der Waals surface area contributed by atoms with Crippen LogP contribution in [0.15, 0.2) is 146 Å². The van der Waals surface area contributed by atoms with E-state index in [1.807, 2.05) is 0 Å². The van der Waals surface area contributed by atoms with Crippen molar-refractivity contribution in [2.24, 2.45) is 0 Å². The summed E-state index contributed by atoms with van der Waals surface area (Å²) in [6.45, 7) is 4.15. The SMILES string of the molecule is CC/C=C\C/C=C\C/C=C\C/C=C\C/C=C\C/C=C\C/C=C\C/C=C\C/C=C\C/C=C\C/C=C\C/C=C\CCCCC(=O)NC(CO)C(O)CCCCCCCCC. The molecule has 0 aliphatic rings. The van der Waals surface area contributed by atoms with Crippen LogP contribution >= 0.6 is 0 Å². The fraction of sp³-hybridized carbons (Fsp3) is 0.537. The quantitative estimate of drug-likeness (QED) is 0.0429. The first-order chi connectivity index (χ1) is 28.7.